The average molecular weight is 228 g/mol. The molecular weight excluding hydrogens is 222 g/mol. The zero-order chi connectivity index (χ0) is 9.80. The van der Waals surface area contributed by atoms with Gasteiger partial charge in [0.1, 0.15) is 6.61 Å². The predicted octanol–water partition coefficient (Wildman–Crippen LogP) is 2.17. The second kappa shape index (κ2) is 4.34. The van der Waals surface area contributed by atoms with Crippen LogP contribution in [0.4, 0.5) is 0 Å². The topological polar surface area (TPSA) is 47.9 Å². The van der Waals surface area contributed by atoms with Gasteiger partial charge in [0.25, 0.3) is 5.88 Å². The van der Waals surface area contributed by atoms with E-state index in [1.54, 1.807) is 12.4 Å². The highest BCUT2D eigenvalue weighted by Gasteiger charge is 2.05. The Morgan fingerprint density at radius 3 is 3.00 bits per heavy atom. The summed E-state index contributed by atoms with van der Waals surface area (Å²) >= 11 is 6.73. The Morgan fingerprint density at radius 1 is 1.43 bits per heavy atom. The number of rotatable bonds is 3. The highest BCUT2D eigenvalue weighted by molar-refractivity contribution is 6.99. The number of ether oxygens (including phenoxy) is 1. The molecule has 0 atom stereocenters. The van der Waals surface area contributed by atoms with Crippen molar-refractivity contribution in [3.63, 3.8) is 0 Å². The van der Waals surface area contributed by atoms with Gasteiger partial charge in [0.15, 0.2) is 0 Å². The van der Waals surface area contributed by atoms with Crippen LogP contribution >= 0.6 is 23.3 Å². The van der Waals surface area contributed by atoms with Crippen molar-refractivity contribution in [3.05, 3.63) is 35.2 Å². The van der Waals surface area contributed by atoms with Gasteiger partial charge in [-0.3, -0.25) is 4.98 Å². The molecule has 2 heterocycles. The molecule has 0 amide bonds. The SMILES string of the molecule is Clc1nsnc1OCc1cccnc1. The lowest BCUT2D eigenvalue weighted by Gasteiger charge is -2.01. The maximum Gasteiger partial charge on any atom is 0.265 e. The monoisotopic (exact) mass is 227 g/mol. The summed E-state index contributed by atoms with van der Waals surface area (Å²) in [6.45, 7) is 0.402. The van der Waals surface area contributed by atoms with E-state index in [1.165, 1.54) is 0 Å². The summed E-state index contributed by atoms with van der Waals surface area (Å²) in [4.78, 5) is 3.96. The average Bonchev–Trinajstić information content (AvgIpc) is 2.63. The van der Waals surface area contributed by atoms with Crippen LogP contribution in [0.3, 0.4) is 0 Å². The molecular formula is C8H6ClN3OS. The van der Waals surface area contributed by atoms with Crippen LogP contribution in [0, 0.1) is 0 Å². The molecule has 72 valence electrons. The van der Waals surface area contributed by atoms with Crippen molar-refractivity contribution in [2.45, 2.75) is 6.61 Å². The summed E-state index contributed by atoms with van der Waals surface area (Å²) in [5.74, 6) is 0.375. The Labute approximate surface area is 89.9 Å². The molecule has 0 radical (unpaired) electrons. The van der Waals surface area contributed by atoms with Gasteiger partial charge < -0.3 is 4.74 Å². The number of pyridine rings is 1. The molecule has 0 aliphatic carbocycles. The Balaban J connectivity index is 1.99. The fourth-order valence-corrected chi connectivity index (χ4v) is 1.53. The summed E-state index contributed by atoms with van der Waals surface area (Å²) in [6, 6.07) is 3.76. The van der Waals surface area contributed by atoms with E-state index < -0.39 is 0 Å². The lowest BCUT2D eigenvalue weighted by molar-refractivity contribution is 0.296. The number of hydrogen-bond donors (Lipinski definition) is 0. The van der Waals surface area contributed by atoms with Crippen LogP contribution in [-0.2, 0) is 6.61 Å². The van der Waals surface area contributed by atoms with E-state index in [-0.39, 0.29) is 0 Å². The second-order valence-electron chi connectivity index (χ2n) is 2.51. The van der Waals surface area contributed by atoms with Gasteiger partial charge >= 0.3 is 0 Å². The molecule has 0 saturated carbocycles. The van der Waals surface area contributed by atoms with Gasteiger partial charge in [0.2, 0.25) is 5.15 Å². The first-order valence-electron chi connectivity index (χ1n) is 3.86. The molecule has 6 heteroatoms. The molecule has 0 aromatic carbocycles. The van der Waals surface area contributed by atoms with Gasteiger partial charge in [-0.1, -0.05) is 17.7 Å². The lowest BCUT2D eigenvalue weighted by atomic mass is 10.3. The molecule has 0 saturated heterocycles. The highest BCUT2D eigenvalue weighted by atomic mass is 35.5. The number of halogens is 1. The fraction of sp³-hybridized carbons (Fsp3) is 0.125. The molecule has 14 heavy (non-hydrogen) atoms. The van der Waals surface area contributed by atoms with Crippen LogP contribution in [-0.4, -0.2) is 13.7 Å². The Bertz CT molecular complexity index is 406. The first kappa shape index (κ1) is 9.36. The van der Waals surface area contributed by atoms with Crippen molar-refractivity contribution >= 4 is 23.3 Å². The van der Waals surface area contributed by atoms with Gasteiger partial charge in [-0.25, -0.2) is 0 Å². The van der Waals surface area contributed by atoms with Crippen molar-refractivity contribution in [2.24, 2.45) is 0 Å². The van der Waals surface area contributed by atoms with E-state index in [0.717, 1.165) is 17.3 Å². The van der Waals surface area contributed by atoms with Gasteiger partial charge in [-0.2, -0.15) is 4.37 Å². The molecule has 0 aliphatic rings. The zero-order valence-corrected chi connectivity index (χ0v) is 8.63. The summed E-state index contributed by atoms with van der Waals surface area (Å²) in [6.07, 6.45) is 3.44. The lowest BCUT2D eigenvalue weighted by Crippen LogP contribution is -1.95. The summed E-state index contributed by atoms with van der Waals surface area (Å²) in [5.41, 5.74) is 0.969. The molecule has 0 N–H and O–H groups in total. The predicted molar refractivity (Wildman–Crippen MR) is 53.5 cm³/mol. The maximum absolute atomic E-state index is 5.70. The van der Waals surface area contributed by atoms with E-state index in [1.807, 2.05) is 12.1 Å². The Morgan fingerprint density at radius 2 is 2.36 bits per heavy atom. The van der Waals surface area contributed by atoms with E-state index in [2.05, 4.69) is 13.7 Å². The molecule has 2 aromatic rings. The molecule has 2 rings (SSSR count). The second-order valence-corrected chi connectivity index (χ2v) is 3.40. The van der Waals surface area contributed by atoms with Crippen LogP contribution < -0.4 is 4.74 Å². The normalized spacial score (nSPS) is 10.1. The van der Waals surface area contributed by atoms with Crippen molar-refractivity contribution in [1.82, 2.24) is 13.7 Å². The van der Waals surface area contributed by atoms with Crippen molar-refractivity contribution < 1.29 is 4.74 Å². The van der Waals surface area contributed by atoms with Crippen molar-refractivity contribution in [3.8, 4) is 5.88 Å². The number of hydrogen-bond acceptors (Lipinski definition) is 5. The Kier molecular flexibility index (Phi) is 2.90. The minimum Gasteiger partial charge on any atom is -0.470 e. The first-order valence-corrected chi connectivity index (χ1v) is 4.97. The van der Waals surface area contributed by atoms with Gasteiger partial charge in [0.05, 0.1) is 11.7 Å². The molecule has 2 aromatic heterocycles. The summed E-state index contributed by atoms with van der Waals surface area (Å²) in [5, 5.41) is 0.305. The van der Waals surface area contributed by atoms with Crippen LogP contribution in [0.15, 0.2) is 24.5 Å². The Hall–Kier alpha value is -1.20. The maximum atomic E-state index is 5.70. The van der Waals surface area contributed by atoms with Crippen LogP contribution in [0.5, 0.6) is 5.88 Å². The van der Waals surface area contributed by atoms with Crippen molar-refractivity contribution in [2.75, 3.05) is 0 Å². The van der Waals surface area contributed by atoms with Crippen LogP contribution in [0.1, 0.15) is 5.56 Å². The van der Waals surface area contributed by atoms with E-state index in [4.69, 9.17) is 16.3 Å². The minimum atomic E-state index is 0.305. The third kappa shape index (κ3) is 2.18. The van der Waals surface area contributed by atoms with Crippen LogP contribution in [0.25, 0.3) is 0 Å². The first-order chi connectivity index (χ1) is 6.86. The van der Waals surface area contributed by atoms with Crippen molar-refractivity contribution in [1.29, 1.82) is 0 Å². The molecule has 4 nitrogen and oxygen atoms in total. The van der Waals surface area contributed by atoms with Gasteiger partial charge in [-0.15, -0.1) is 4.37 Å². The largest absolute Gasteiger partial charge is 0.470 e. The number of nitrogens with zero attached hydrogens (tertiary/aromatic N) is 3. The van der Waals surface area contributed by atoms with Gasteiger partial charge in [-0.05, 0) is 6.07 Å². The van der Waals surface area contributed by atoms with Gasteiger partial charge in [0, 0.05) is 18.0 Å². The third-order valence-electron chi connectivity index (χ3n) is 1.52. The van der Waals surface area contributed by atoms with E-state index in [0.29, 0.717) is 17.6 Å². The molecule has 0 unspecified atom stereocenters. The van der Waals surface area contributed by atoms with E-state index in [9.17, 15) is 0 Å². The zero-order valence-electron chi connectivity index (χ0n) is 7.05. The third-order valence-corrected chi connectivity index (χ3v) is 2.38. The summed E-state index contributed by atoms with van der Waals surface area (Å²) < 4.78 is 13.0. The minimum absolute atomic E-state index is 0.305. The molecule has 0 spiro atoms. The number of aromatic nitrogens is 3. The van der Waals surface area contributed by atoms with E-state index >= 15 is 0 Å². The molecule has 0 aliphatic heterocycles. The smallest absolute Gasteiger partial charge is 0.265 e. The molecule has 0 bridgehead atoms. The fourth-order valence-electron chi connectivity index (χ4n) is 0.891. The quantitative estimate of drug-likeness (QED) is 0.806. The van der Waals surface area contributed by atoms with Crippen LogP contribution in [0.2, 0.25) is 5.15 Å². The standard InChI is InChI=1S/C8H6ClN3OS/c9-7-8(12-14-11-7)13-5-6-2-1-3-10-4-6/h1-4H,5H2. The summed E-state index contributed by atoms with van der Waals surface area (Å²) in [7, 11) is 0. The molecule has 0 fully saturated rings. The highest BCUT2D eigenvalue weighted by Crippen LogP contribution is 2.21.